The first kappa shape index (κ1) is 12.9. The Morgan fingerprint density at radius 1 is 1.50 bits per heavy atom. The van der Waals surface area contributed by atoms with Crippen LogP contribution in [0.5, 0.6) is 0 Å². The minimum Gasteiger partial charge on any atom is -0.481 e. The van der Waals surface area contributed by atoms with Crippen LogP contribution in [0.25, 0.3) is 0 Å². The van der Waals surface area contributed by atoms with Gasteiger partial charge in [0.15, 0.2) is 0 Å². The molecule has 1 aliphatic carbocycles. The Kier molecular flexibility index (Phi) is 2.87. The van der Waals surface area contributed by atoms with Crippen molar-refractivity contribution in [2.45, 2.75) is 31.4 Å². The quantitative estimate of drug-likeness (QED) is 0.901. The fourth-order valence-electron chi connectivity index (χ4n) is 2.53. The molecule has 0 aromatic heterocycles. The first-order chi connectivity index (χ1) is 8.32. The highest BCUT2D eigenvalue weighted by atomic mass is 19.4. The summed E-state index contributed by atoms with van der Waals surface area (Å²) in [7, 11) is 0. The Hall–Kier alpha value is -1.52. The molecule has 0 bridgehead atoms. The third-order valence-electron chi connectivity index (χ3n) is 3.68. The van der Waals surface area contributed by atoms with Gasteiger partial charge in [0.25, 0.3) is 0 Å². The van der Waals surface area contributed by atoms with Gasteiger partial charge in [-0.2, -0.15) is 13.2 Å². The van der Waals surface area contributed by atoms with E-state index in [1.165, 1.54) is 12.1 Å². The summed E-state index contributed by atoms with van der Waals surface area (Å²) < 4.78 is 37.8. The standard InChI is InChI=1S/C13H13F3O2/c1-2-8-7-12(8,11(17)18)9-4-3-5-10(6-9)13(14,15)16/h3-6,8H,2,7H2,1H3,(H,17,18). The van der Waals surface area contributed by atoms with Crippen LogP contribution in [0.3, 0.4) is 0 Å². The summed E-state index contributed by atoms with van der Waals surface area (Å²) in [4.78, 5) is 11.3. The molecule has 1 aromatic carbocycles. The molecule has 2 rings (SSSR count). The van der Waals surface area contributed by atoms with E-state index in [-0.39, 0.29) is 11.5 Å². The van der Waals surface area contributed by atoms with E-state index in [2.05, 4.69) is 0 Å². The molecule has 0 aliphatic heterocycles. The molecular formula is C13H13F3O2. The Bertz CT molecular complexity index is 481. The monoisotopic (exact) mass is 258 g/mol. The van der Waals surface area contributed by atoms with E-state index in [0.29, 0.717) is 12.8 Å². The van der Waals surface area contributed by atoms with Crippen molar-refractivity contribution in [2.24, 2.45) is 5.92 Å². The van der Waals surface area contributed by atoms with Crippen LogP contribution in [0.2, 0.25) is 0 Å². The van der Waals surface area contributed by atoms with Gasteiger partial charge in [-0.25, -0.2) is 0 Å². The number of hydrogen-bond acceptors (Lipinski definition) is 1. The molecule has 2 atom stereocenters. The zero-order valence-corrected chi connectivity index (χ0v) is 9.79. The third-order valence-corrected chi connectivity index (χ3v) is 3.68. The number of aliphatic carboxylic acids is 1. The van der Waals surface area contributed by atoms with Crippen LogP contribution < -0.4 is 0 Å². The molecule has 0 heterocycles. The van der Waals surface area contributed by atoms with Crippen molar-refractivity contribution in [3.8, 4) is 0 Å². The molecule has 1 aliphatic rings. The van der Waals surface area contributed by atoms with Crippen LogP contribution in [-0.2, 0) is 16.4 Å². The zero-order chi connectivity index (χ0) is 13.6. The molecule has 2 unspecified atom stereocenters. The highest BCUT2D eigenvalue weighted by molar-refractivity contribution is 5.85. The largest absolute Gasteiger partial charge is 0.481 e. The summed E-state index contributed by atoms with van der Waals surface area (Å²) in [5.74, 6) is -1.10. The van der Waals surface area contributed by atoms with Crippen molar-refractivity contribution in [1.29, 1.82) is 0 Å². The lowest BCUT2D eigenvalue weighted by atomic mass is 9.91. The van der Waals surface area contributed by atoms with Crippen molar-refractivity contribution >= 4 is 5.97 Å². The molecule has 98 valence electrons. The maximum atomic E-state index is 12.6. The average molecular weight is 258 g/mol. The summed E-state index contributed by atoms with van der Waals surface area (Å²) in [6.45, 7) is 1.85. The van der Waals surface area contributed by atoms with Crippen molar-refractivity contribution in [3.05, 3.63) is 35.4 Å². The smallest absolute Gasteiger partial charge is 0.416 e. The van der Waals surface area contributed by atoms with Gasteiger partial charge < -0.3 is 5.11 Å². The second-order valence-electron chi connectivity index (χ2n) is 4.66. The lowest BCUT2D eigenvalue weighted by Gasteiger charge is -2.15. The van der Waals surface area contributed by atoms with Crippen LogP contribution in [0, 0.1) is 5.92 Å². The average Bonchev–Trinajstić information content (AvgIpc) is 3.04. The fraction of sp³-hybridized carbons (Fsp3) is 0.462. The Morgan fingerprint density at radius 2 is 2.17 bits per heavy atom. The number of alkyl halides is 3. The van der Waals surface area contributed by atoms with Gasteiger partial charge in [0.2, 0.25) is 0 Å². The van der Waals surface area contributed by atoms with Crippen LogP contribution >= 0.6 is 0 Å². The number of carbonyl (C=O) groups is 1. The lowest BCUT2D eigenvalue weighted by Crippen LogP contribution is -2.23. The second kappa shape index (κ2) is 4.00. The van der Waals surface area contributed by atoms with Crippen molar-refractivity contribution in [2.75, 3.05) is 0 Å². The molecule has 1 saturated carbocycles. The van der Waals surface area contributed by atoms with Crippen LogP contribution in [0.1, 0.15) is 30.9 Å². The van der Waals surface area contributed by atoms with Gasteiger partial charge >= 0.3 is 12.1 Å². The molecule has 0 amide bonds. The highest BCUT2D eigenvalue weighted by Crippen LogP contribution is 2.56. The van der Waals surface area contributed by atoms with Gasteiger partial charge in [0.05, 0.1) is 11.0 Å². The molecule has 1 aromatic rings. The normalized spacial score (nSPS) is 27.0. The Balaban J connectivity index is 2.43. The Morgan fingerprint density at radius 3 is 2.61 bits per heavy atom. The predicted octanol–water partition coefficient (Wildman–Crippen LogP) is 3.46. The number of rotatable bonds is 3. The molecule has 0 spiro atoms. The summed E-state index contributed by atoms with van der Waals surface area (Å²) in [6, 6.07) is 4.67. The maximum absolute atomic E-state index is 12.6. The fourth-order valence-corrected chi connectivity index (χ4v) is 2.53. The van der Waals surface area contributed by atoms with Gasteiger partial charge in [-0.05, 0) is 24.0 Å². The summed E-state index contributed by atoms with van der Waals surface area (Å²) >= 11 is 0. The van der Waals surface area contributed by atoms with Gasteiger partial charge in [-0.15, -0.1) is 0 Å². The van der Waals surface area contributed by atoms with Crippen molar-refractivity contribution < 1.29 is 23.1 Å². The molecule has 1 N–H and O–H groups in total. The molecule has 5 heteroatoms. The molecular weight excluding hydrogens is 245 g/mol. The predicted molar refractivity (Wildman–Crippen MR) is 59.2 cm³/mol. The number of benzene rings is 1. The van der Waals surface area contributed by atoms with E-state index in [9.17, 15) is 23.1 Å². The number of carboxylic acids is 1. The minimum absolute atomic E-state index is 0.0708. The van der Waals surface area contributed by atoms with Crippen LogP contribution in [0.15, 0.2) is 24.3 Å². The van der Waals surface area contributed by atoms with Crippen molar-refractivity contribution in [1.82, 2.24) is 0 Å². The molecule has 0 radical (unpaired) electrons. The van der Waals surface area contributed by atoms with Crippen LogP contribution in [-0.4, -0.2) is 11.1 Å². The molecule has 2 nitrogen and oxygen atoms in total. The van der Waals surface area contributed by atoms with E-state index in [4.69, 9.17) is 0 Å². The summed E-state index contributed by atoms with van der Waals surface area (Å²) in [5, 5.41) is 9.27. The van der Waals surface area contributed by atoms with Gasteiger partial charge in [0, 0.05) is 0 Å². The van der Waals surface area contributed by atoms with Crippen LogP contribution in [0.4, 0.5) is 13.2 Å². The second-order valence-corrected chi connectivity index (χ2v) is 4.66. The number of halogens is 3. The van der Waals surface area contributed by atoms with E-state index in [1.54, 1.807) is 0 Å². The van der Waals surface area contributed by atoms with Gasteiger partial charge in [-0.3, -0.25) is 4.79 Å². The van der Waals surface area contributed by atoms with Crippen molar-refractivity contribution in [3.63, 3.8) is 0 Å². The van der Waals surface area contributed by atoms with E-state index in [0.717, 1.165) is 12.1 Å². The Labute approximate surface area is 102 Å². The van der Waals surface area contributed by atoms with E-state index < -0.39 is 23.1 Å². The topological polar surface area (TPSA) is 37.3 Å². The third kappa shape index (κ3) is 1.87. The lowest BCUT2D eigenvalue weighted by molar-refractivity contribution is -0.141. The number of carboxylic acid groups (broad SMARTS) is 1. The first-order valence-corrected chi connectivity index (χ1v) is 5.73. The van der Waals surface area contributed by atoms with Gasteiger partial charge in [0.1, 0.15) is 0 Å². The minimum atomic E-state index is -4.44. The molecule has 0 saturated heterocycles. The number of hydrogen-bond donors (Lipinski definition) is 1. The highest BCUT2D eigenvalue weighted by Gasteiger charge is 2.60. The summed E-state index contributed by atoms with van der Waals surface area (Å²) in [6.07, 6.45) is -3.37. The SMILES string of the molecule is CCC1CC1(C(=O)O)c1cccc(C(F)(F)F)c1. The van der Waals surface area contributed by atoms with Gasteiger partial charge in [-0.1, -0.05) is 31.5 Å². The molecule has 18 heavy (non-hydrogen) atoms. The first-order valence-electron chi connectivity index (χ1n) is 5.73. The zero-order valence-electron chi connectivity index (χ0n) is 9.79. The molecule has 1 fully saturated rings. The maximum Gasteiger partial charge on any atom is 0.416 e. The van der Waals surface area contributed by atoms with E-state index >= 15 is 0 Å². The van der Waals surface area contributed by atoms with E-state index in [1.807, 2.05) is 6.92 Å². The summed E-state index contributed by atoms with van der Waals surface area (Å²) in [5.41, 5.74) is -1.64.